The minimum Gasteiger partial charge on any atom is -0.450 e. The number of unbranched alkanes of at least 4 members (excludes halogenated alkanes) is 6. The standard InChI is InChI=1S/C25H34BO/c1-3-5-7-11-17-25(18-12-8-6-4-2)23-14-10-9-13-21(23)22-16-15-20(26-27)19-24(22)25/h9-10,13-16,19,27H,3-8,11-12,17-18H2,1-2H3. The third-order valence-corrected chi connectivity index (χ3v) is 6.36. The van der Waals surface area contributed by atoms with Gasteiger partial charge in [-0.05, 0) is 35.1 Å². The van der Waals surface area contributed by atoms with Crippen LogP contribution < -0.4 is 5.46 Å². The molecular formula is C25H34BO. The second-order valence-electron chi connectivity index (χ2n) is 8.18. The van der Waals surface area contributed by atoms with Gasteiger partial charge in [0, 0.05) is 5.41 Å². The first kappa shape index (κ1) is 20.2. The van der Waals surface area contributed by atoms with Crippen molar-refractivity contribution in [2.75, 3.05) is 0 Å². The Morgan fingerprint density at radius 2 is 1.37 bits per heavy atom. The summed E-state index contributed by atoms with van der Waals surface area (Å²) in [6, 6.07) is 15.5. The highest BCUT2D eigenvalue weighted by molar-refractivity contribution is 6.45. The lowest BCUT2D eigenvalue weighted by molar-refractivity contribution is 0.401. The summed E-state index contributed by atoms with van der Waals surface area (Å²) in [6.45, 7) is 4.56. The normalized spacial score (nSPS) is 14.0. The first-order valence-electron chi connectivity index (χ1n) is 11.0. The Morgan fingerprint density at radius 1 is 0.741 bits per heavy atom. The molecule has 0 saturated heterocycles. The molecule has 0 heterocycles. The second kappa shape index (κ2) is 9.60. The molecule has 2 aromatic carbocycles. The van der Waals surface area contributed by atoms with E-state index in [0.717, 1.165) is 5.46 Å². The number of hydrogen-bond donors (Lipinski definition) is 1. The SMILES string of the molecule is CCCCCCC1(CCCCCC)c2ccccc2-c2ccc([B]O)cc21. The van der Waals surface area contributed by atoms with Gasteiger partial charge in [0.25, 0.3) is 0 Å². The molecule has 1 aliphatic rings. The van der Waals surface area contributed by atoms with Gasteiger partial charge in [0.15, 0.2) is 0 Å². The van der Waals surface area contributed by atoms with Crippen molar-refractivity contribution in [3.8, 4) is 11.1 Å². The largest absolute Gasteiger partial charge is 0.450 e. The molecule has 0 saturated carbocycles. The maximum absolute atomic E-state index is 9.62. The minimum absolute atomic E-state index is 0.117. The Labute approximate surface area is 166 Å². The van der Waals surface area contributed by atoms with Crippen molar-refractivity contribution in [3.63, 3.8) is 0 Å². The van der Waals surface area contributed by atoms with Crippen molar-refractivity contribution in [1.29, 1.82) is 0 Å². The number of benzene rings is 2. The zero-order valence-corrected chi connectivity index (χ0v) is 17.1. The zero-order valence-electron chi connectivity index (χ0n) is 17.1. The van der Waals surface area contributed by atoms with Crippen LogP contribution in [-0.2, 0) is 5.41 Å². The van der Waals surface area contributed by atoms with E-state index in [2.05, 4.69) is 50.2 Å². The summed E-state index contributed by atoms with van der Waals surface area (Å²) in [5, 5.41) is 9.62. The predicted octanol–water partition coefficient (Wildman–Crippen LogP) is 6.13. The summed E-state index contributed by atoms with van der Waals surface area (Å²) < 4.78 is 0. The Bertz CT molecular complexity index is 725. The molecule has 0 unspecified atom stereocenters. The van der Waals surface area contributed by atoms with Crippen LogP contribution in [-0.4, -0.2) is 12.5 Å². The predicted molar refractivity (Wildman–Crippen MR) is 118 cm³/mol. The molecule has 1 radical (unpaired) electrons. The monoisotopic (exact) mass is 361 g/mol. The van der Waals surface area contributed by atoms with Gasteiger partial charge < -0.3 is 5.02 Å². The van der Waals surface area contributed by atoms with E-state index >= 15 is 0 Å². The lowest BCUT2D eigenvalue weighted by Crippen LogP contribution is -2.27. The van der Waals surface area contributed by atoms with Crippen LogP contribution in [0.2, 0.25) is 0 Å². The average molecular weight is 361 g/mol. The van der Waals surface area contributed by atoms with E-state index in [9.17, 15) is 5.02 Å². The van der Waals surface area contributed by atoms with Crippen LogP contribution in [0.15, 0.2) is 42.5 Å². The Morgan fingerprint density at radius 3 is 2.00 bits per heavy atom. The number of hydrogen-bond acceptors (Lipinski definition) is 1. The third-order valence-electron chi connectivity index (χ3n) is 6.36. The van der Waals surface area contributed by atoms with Crippen molar-refractivity contribution in [1.82, 2.24) is 0 Å². The highest BCUT2D eigenvalue weighted by Gasteiger charge is 2.41. The molecular weight excluding hydrogens is 327 g/mol. The lowest BCUT2D eigenvalue weighted by atomic mass is 9.69. The molecule has 0 atom stereocenters. The Balaban J connectivity index is 2.00. The molecule has 0 bridgehead atoms. The van der Waals surface area contributed by atoms with Crippen LogP contribution in [0.25, 0.3) is 11.1 Å². The summed E-state index contributed by atoms with van der Waals surface area (Å²) in [5.41, 5.74) is 6.78. The van der Waals surface area contributed by atoms with Crippen molar-refractivity contribution in [3.05, 3.63) is 53.6 Å². The van der Waals surface area contributed by atoms with Crippen molar-refractivity contribution in [2.24, 2.45) is 0 Å². The van der Waals surface area contributed by atoms with Crippen molar-refractivity contribution < 1.29 is 5.02 Å². The molecule has 1 nitrogen and oxygen atoms in total. The van der Waals surface area contributed by atoms with Gasteiger partial charge in [0.05, 0.1) is 0 Å². The summed E-state index contributed by atoms with van der Waals surface area (Å²) in [5.74, 6) is 0. The highest BCUT2D eigenvalue weighted by Crippen LogP contribution is 2.53. The van der Waals surface area contributed by atoms with Gasteiger partial charge in [-0.25, -0.2) is 0 Å². The van der Waals surface area contributed by atoms with Gasteiger partial charge in [-0.3, -0.25) is 0 Å². The molecule has 0 fully saturated rings. The zero-order chi connectivity index (χ0) is 19.1. The van der Waals surface area contributed by atoms with Gasteiger partial charge in [0.2, 0.25) is 0 Å². The van der Waals surface area contributed by atoms with Crippen LogP contribution in [0.5, 0.6) is 0 Å². The fourth-order valence-electron chi connectivity index (χ4n) is 4.92. The minimum atomic E-state index is 0.117. The summed E-state index contributed by atoms with van der Waals surface area (Å²) in [6.07, 6.45) is 12.8. The van der Waals surface area contributed by atoms with E-state index in [-0.39, 0.29) is 5.41 Å². The Hall–Kier alpha value is -1.54. The first-order valence-corrected chi connectivity index (χ1v) is 11.0. The van der Waals surface area contributed by atoms with E-state index in [0.29, 0.717) is 0 Å². The maximum atomic E-state index is 9.62. The molecule has 2 heteroatoms. The maximum Gasteiger partial charge on any atom is 0.326 e. The Kier molecular flexibility index (Phi) is 7.18. The summed E-state index contributed by atoms with van der Waals surface area (Å²) in [4.78, 5) is 0. The number of fused-ring (bicyclic) bond motifs is 3. The lowest BCUT2D eigenvalue weighted by Gasteiger charge is -2.33. The van der Waals surface area contributed by atoms with Crippen LogP contribution in [0.1, 0.15) is 89.2 Å². The van der Waals surface area contributed by atoms with Crippen LogP contribution >= 0.6 is 0 Å². The van der Waals surface area contributed by atoms with Crippen LogP contribution in [0, 0.1) is 0 Å². The quantitative estimate of drug-likeness (QED) is 0.377. The van der Waals surface area contributed by atoms with Crippen LogP contribution in [0.3, 0.4) is 0 Å². The van der Waals surface area contributed by atoms with Gasteiger partial charge in [-0.1, -0.05) is 113 Å². The molecule has 0 aromatic heterocycles. The van der Waals surface area contributed by atoms with Gasteiger partial charge in [0.1, 0.15) is 0 Å². The van der Waals surface area contributed by atoms with Crippen molar-refractivity contribution in [2.45, 2.75) is 83.5 Å². The van der Waals surface area contributed by atoms with Crippen molar-refractivity contribution >= 4 is 12.9 Å². The van der Waals surface area contributed by atoms with E-state index in [4.69, 9.17) is 0 Å². The van der Waals surface area contributed by atoms with Gasteiger partial charge in [-0.2, -0.15) is 0 Å². The molecule has 1 N–H and O–H groups in total. The van der Waals surface area contributed by atoms with E-state index in [1.807, 2.05) is 6.07 Å². The molecule has 1 aliphatic carbocycles. The summed E-state index contributed by atoms with van der Waals surface area (Å²) in [7, 11) is 1.25. The second-order valence-corrected chi connectivity index (χ2v) is 8.18. The highest BCUT2D eigenvalue weighted by atomic mass is 16.2. The van der Waals surface area contributed by atoms with E-state index in [1.165, 1.54) is 93.9 Å². The van der Waals surface area contributed by atoms with Gasteiger partial charge in [-0.15, -0.1) is 0 Å². The molecule has 0 spiro atoms. The summed E-state index contributed by atoms with van der Waals surface area (Å²) >= 11 is 0. The van der Waals surface area contributed by atoms with E-state index < -0.39 is 0 Å². The molecule has 2 aromatic rings. The molecule has 0 amide bonds. The van der Waals surface area contributed by atoms with Gasteiger partial charge >= 0.3 is 7.48 Å². The van der Waals surface area contributed by atoms with E-state index in [1.54, 1.807) is 0 Å². The molecule has 27 heavy (non-hydrogen) atoms. The fourth-order valence-corrected chi connectivity index (χ4v) is 4.92. The molecule has 3 rings (SSSR count). The fraction of sp³-hybridized carbons (Fsp3) is 0.520. The van der Waals surface area contributed by atoms with Crippen LogP contribution in [0.4, 0.5) is 0 Å². The average Bonchev–Trinajstić information content (AvgIpc) is 2.98. The molecule has 143 valence electrons. The third kappa shape index (κ3) is 4.16. The smallest absolute Gasteiger partial charge is 0.326 e. The number of rotatable bonds is 11. The molecule has 0 aliphatic heterocycles. The first-order chi connectivity index (χ1) is 13.3. The topological polar surface area (TPSA) is 20.2 Å².